The predicted molar refractivity (Wildman–Crippen MR) is 126 cm³/mol. The smallest absolute Gasteiger partial charge is 0.323 e. The van der Waals surface area contributed by atoms with Crippen molar-refractivity contribution in [2.24, 2.45) is 5.92 Å². The molecule has 2 fully saturated rings. The zero-order valence-electron chi connectivity index (χ0n) is 19.1. The van der Waals surface area contributed by atoms with Crippen molar-refractivity contribution < 1.29 is 14.3 Å². The number of nitrogens with zero attached hydrogens (tertiary/aromatic N) is 4. The summed E-state index contributed by atoms with van der Waals surface area (Å²) in [7, 11) is 0. The summed E-state index contributed by atoms with van der Waals surface area (Å²) in [5, 5.41) is 2.73. The van der Waals surface area contributed by atoms with Gasteiger partial charge in [-0.2, -0.15) is 0 Å². The average Bonchev–Trinajstić information content (AvgIpc) is 2.84. The summed E-state index contributed by atoms with van der Waals surface area (Å²) in [5.74, 6) is 1.85. The van der Waals surface area contributed by atoms with Crippen LogP contribution in [0.1, 0.15) is 55.3 Å². The molecule has 2 aliphatic rings. The summed E-state index contributed by atoms with van der Waals surface area (Å²) in [4.78, 5) is 36.8. The lowest BCUT2D eigenvalue weighted by Crippen LogP contribution is -2.51. The number of amides is 3. The third-order valence-electron chi connectivity index (χ3n) is 6.46. The molecule has 1 N–H and O–H groups in total. The molecule has 8 nitrogen and oxygen atoms in total. The Bertz CT molecular complexity index is 890. The summed E-state index contributed by atoms with van der Waals surface area (Å²) in [6.45, 7) is 2.69. The number of ether oxygens (including phenoxy) is 1. The van der Waals surface area contributed by atoms with E-state index in [1.807, 2.05) is 24.3 Å². The van der Waals surface area contributed by atoms with Crippen LogP contribution in [0.25, 0.3) is 0 Å². The van der Waals surface area contributed by atoms with Crippen LogP contribution in [-0.4, -0.2) is 64.5 Å². The predicted octanol–water partition coefficient (Wildman–Crippen LogP) is 4.21. The second kappa shape index (κ2) is 11.6. The highest BCUT2D eigenvalue weighted by Gasteiger charge is 2.25. The number of rotatable bonds is 5. The summed E-state index contributed by atoms with van der Waals surface area (Å²) >= 11 is 0. The van der Waals surface area contributed by atoms with Gasteiger partial charge in [0.1, 0.15) is 5.75 Å². The minimum absolute atomic E-state index is 0.0180. The fourth-order valence-electron chi connectivity index (χ4n) is 4.46. The van der Waals surface area contributed by atoms with Gasteiger partial charge >= 0.3 is 6.03 Å². The molecule has 0 bridgehead atoms. The summed E-state index contributed by atoms with van der Waals surface area (Å²) in [6.07, 6.45) is 13.7. The van der Waals surface area contributed by atoms with Gasteiger partial charge in [0.15, 0.2) is 5.82 Å². The highest BCUT2D eigenvalue weighted by atomic mass is 16.5. The zero-order chi connectivity index (χ0) is 22.9. The molecule has 1 aromatic heterocycles. The molecule has 176 valence electrons. The molecule has 1 saturated carbocycles. The first-order chi connectivity index (χ1) is 16.2. The number of benzene rings is 1. The molecular formula is C25H33N5O3. The SMILES string of the molecule is O=C(Nc1cnccn1)N1CCN(C(=O)c2ccc(OCC3CCCCCCC3)cc2)CC1. The molecule has 33 heavy (non-hydrogen) atoms. The van der Waals surface area contributed by atoms with Gasteiger partial charge in [0.05, 0.1) is 12.8 Å². The van der Waals surface area contributed by atoms with Crippen LogP contribution < -0.4 is 10.1 Å². The van der Waals surface area contributed by atoms with Crippen LogP contribution in [0.15, 0.2) is 42.9 Å². The van der Waals surface area contributed by atoms with Crippen LogP contribution in [-0.2, 0) is 0 Å². The number of carbonyl (C=O) groups excluding carboxylic acids is 2. The highest BCUT2D eigenvalue weighted by Crippen LogP contribution is 2.24. The molecule has 8 heteroatoms. The van der Waals surface area contributed by atoms with Crippen molar-refractivity contribution >= 4 is 17.8 Å². The van der Waals surface area contributed by atoms with Gasteiger partial charge in [0, 0.05) is 44.1 Å². The third kappa shape index (κ3) is 6.66. The molecule has 3 amide bonds. The molecular weight excluding hydrogens is 418 g/mol. The van der Waals surface area contributed by atoms with Crippen LogP contribution in [0.3, 0.4) is 0 Å². The second-order valence-electron chi connectivity index (χ2n) is 8.85. The van der Waals surface area contributed by atoms with E-state index in [2.05, 4.69) is 15.3 Å². The van der Waals surface area contributed by atoms with Crippen molar-refractivity contribution in [1.29, 1.82) is 0 Å². The van der Waals surface area contributed by atoms with E-state index >= 15 is 0 Å². The van der Waals surface area contributed by atoms with Crippen LogP contribution in [0, 0.1) is 5.92 Å². The van der Waals surface area contributed by atoms with E-state index in [1.165, 1.54) is 57.3 Å². The standard InChI is InChI=1S/C25H33N5O3/c31-24(29-14-16-30(17-15-29)25(32)28-23-18-26-12-13-27-23)21-8-10-22(11-9-21)33-19-20-6-4-2-1-3-5-7-20/h8-13,18,20H,1-7,14-17,19H2,(H,27,28,32). The number of piperazine rings is 1. The number of urea groups is 1. The number of nitrogens with one attached hydrogen (secondary N) is 1. The van der Waals surface area contributed by atoms with Crippen LogP contribution in [0.4, 0.5) is 10.6 Å². The maximum Gasteiger partial charge on any atom is 0.323 e. The minimum atomic E-state index is -0.228. The molecule has 1 saturated heterocycles. The molecule has 0 spiro atoms. The lowest BCUT2D eigenvalue weighted by molar-refractivity contribution is 0.0671. The van der Waals surface area contributed by atoms with Crippen LogP contribution >= 0.6 is 0 Å². The number of anilines is 1. The summed E-state index contributed by atoms with van der Waals surface area (Å²) in [5.41, 5.74) is 0.644. The Morgan fingerprint density at radius 1 is 0.909 bits per heavy atom. The maximum atomic E-state index is 12.9. The average molecular weight is 452 g/mol. The van der Waals surface area contributed by atoms with E-state index in [0.717, 1.165) is 12.4 Å². The quantitative estimate of drug-likeness (QED) is 0.736. The normalized spacial score (nSPS) is 17.7. The molecule has 0 radical (unpaired) electrons. The van der Waals surface area contributed by atoms with Gasteiger partial charge in [-0.25, -0.2) is 9.78 Å². The Labute approximate surface area is 195 Å². The lowest BCUT2D eigenvalue weighted by Gasteiger charge is -2.34. The van der Waals surface area contributed by atoms with Crippen molar-refractivity contribution in [3.63, 3.8) is 0 Å². The van der Waals surface area contributed by atoms with Gasteiger partial charge in [-0.1, -0.05) is 32.1 Å². The summed E-state index contributed by atoms with van der Waals surface area (Å²) in [6, 6.07) is 7.22. The minimum Gasteiger partial charge on any atom is -0.493 e. The first kappa shape index (κ1) is 23.0. The number of hydrogen-bond donors (Lipinski definition) is 1. The van der Waals surface area contributed by atoms with Crippen molar-refractivity contribution in [1.82, 2.24) is 19.8 Å². The maximum absolute atomic E-state index is 12.9. The highest BCUT2D eigenvalue weighted by molar-refractivity contribution is 5.94. The number of aromatic nitrogens is 2. The zero-order valence-corrected chi connectivity index (χ0v) is 19.1. The monoisotopic (exact) mass is 451 g/mol. The van der Waals surface area contributed by atoms with Crippen LogP contribution in [0.2, 0.25) is 0 Å². The van der Waals surface area contributed by atoms with Crippen molar-refractivity contribution in [2.75, 3.05) is 38.1 Å². The lowest BCUT2D eigenvalue weighted by atomic mass is 9.92. The molecule has 1 aromatic carbocycles. The van der Waals surface area contributed by atoms with E-state index in [4.69, 9.17) is 4.74 Å². The molecule has 4 rings (SSSR count). The van der Waals surface area contributed by atoms with Crippen LogP contribution in [0.5, 0.6) is 5.75 Å². The topological polar surface area (TPSA) is 87.7 Å². The molecule has 0 atom stereocenters. The second-order valence-corrected chi connectivity index (χ2v) is 8.85. The van der Waals surface area contributed by atoms with E-state index in [1.54, 1.807) is 16.0 Å². The Kier molecular flexibility index (Phi) is 8.11. The van der Waals surface area contributed by atoms with Crippen molar-refractivity contribution in [3.8, 4) is 5.75 Å². The van der Waals surface area contributed by atoms with E-state index in [-0.39, 0.29) is 11.9 Å². The fourth-order valence-corrected chi connectivity index (χ4v) is 4.46. The van der Waals surface area contributed by atoms with E-state index in [9.17, 15) is 9.59 Å². The fraction of sp³-hybridized carbons (Fsp3) is 0.520. The molecule has 1 aliphatic heterocycles. The van der Waals surface area contributed by atoms with E-state index < -0.39 is 0 Å². The molecule has 1 aliphatic carbocycles. The van der Waals surface area contributed by atoms with Gasteiger partial charge in [-0.05, 0) is 43.0 Å². The Balaban J connectivity index is 1.22. The molecule has 0 unspecified atom stereocenters. The van der Waals surface area contributed by atoms with E-state index in [0.29, 0.717) is 43.5 Å². The largest absolute Gasteiger partial charge is 0.493 e. The number of hydrogen-bond acceptors (Lipinski definition) is 5. The van der Waals surface area contributed by atoms with Gasteiger partial charge in [0.25, 0.3) is 5.91 Å². The van der Waals surface area contributed by atoms with Gasteiger partial charge in [0.2, 0.25) is 0 Å². The summed E-state index contributed by atoms with van der Waals surface area (Å²) < 4.78 is 6.03. The molecule has 2 heterocycles. The number of carbonyl (C=O) groups is 2. The van der Waals surface area contributed by atoms with Gasteiger partial charge < -0.3 is 14.5 Å². The first-order valence-corrected chi connectivity index (χ1v) is 12.0. The third-order valence-corrected chi connectivity index (χ3v) is 6.46. The Hall–Kier alpha value is -3.16. The van der Waals surface area contributed by atoms with Gasteiger partial charge in [-0.3, -0.25) is 15.1 Å². The first-order valence-electron chi connectivity index (χ1n) is 12.0. The van der Waals surface area contributed by atoms with Crippen molar-refractivity contribution in [3.05, 3.63) is 48.4 Å². The Morgan fingerprint density at radius 3 is 2.24 bits per heavy atom. The van der Waals surface area contributed by atoms with Gasteiger partial charge in [-0.15, -0.1) is 0 Å². The Morgan fingerprint density at radius 2 is 1.58 bits per heavy atom. The van der Waals surface area contributed by atoms with Crippen molar-refractivity contribution in [2.45, 2.75) is 44.9 Å². The molecule has 2 aromatic rings.